The molecule has 0 bridgehead atoms. The predicted octanol–water partition coefficient (Wildman–Crippen LogP) is 3.72. The van der Waals surface area contributed by atoms with Gasteiger partial charge in [0.15, 0.2) is 0 Å². The summed E-state index contributed by atoms with van der Waals surface area (Å²) in [5.41, 5.74) is 1.13. The van der Waals surface area contributed by atoms with Crippen LogP contribution >= 0.6 is 0 Å². The first-order chi connectivity index (χ1) is 10.3. The third-order valence-electron chi connectivity index (χ3n) is 4.46. The van der Waals surface area contributed by atoms with E-state index in [-0.39, 0.29) is 0 Å². The number of rotatable bonds is 3. The van der Waals surface area contributed by atoms with E-state index in [0.717, 1.165) is 18.8 Å². The second-order valence-corrected chi connectivity index (χ2v) is 6.08. The molecule has 2 aromatic rings. The van der Waals surface area contributed by atoms with E-state index < -0.39 is 0 Å². The van der Waals surface area contributed by atoms with Crippen molar-refractivity contribution in [3.05, 3.63) is 36.0 Å². The van der Waals surface area contributed by atoms with Crippen molar-refractivity contribution >= 4 is 16.6 Å². The quantitative estimate of drug-likeness (QED) is 0.930. The summed E-state index contributed by atoms with van der Waals surface area (Å²) in [5.74, 6) is 1.17. The molecule has 1 aromatic heterocycles. The van der Waals surface area contributed by atoms with Gasteiger partial charge in [0, 0.05) is 24.5 Å². The van der Waals surface area contributed by atoms with Crippen LogP contribution in [0, 0.1) is 0 Å². The van der Waals surface area contributed by atoms with E-state index in [4.69, 9.17) is 4.98 Å². The zero-order chi connectivity index (χ0) is 14.7. The van der Waals surface area contributed by atoms with Gasteiger partial charge in [-0.05, 0) is 38.3 Å². The lowest BCUT2D eigenvalue weighted by Gasteiger charge is -2.30. The van der Waals surface area contributed by atoms with Crippen molar-refractivity contribution in [2.45, 2.75) is 45.2 Å². The maximum atomic E-state index is 4.97. The van der Waals surface area contributed by atoms with Gasteiger partial charge in [0.25, 0.3) is 0 Å². The van der Waals surface area contributed by atoms with Gasteiger partial charge in [-0.1, -0.05) is 37.1 Å². The summed E-state index contributed by atoms with van der Waals surface area (Å²) < 4.78 is 0. The summed E-state index contributed by atoms with van der Waals surface area (Å²) in [7, 11) is 1.98. The molecular weight excluding hydrogens is 258 g/mol. The van der Waals surface area contributed by atoms with Crippen LogP contribution in [0.1, 0.15) is 38.3 Å². The molecule has 3 heteroatoms. The minimum Gasteiger partial charge on any atom is -0.353 e. The van der Waals surface area contributed by atoms with Crippen molar-refractivity contribution in [2.75, 3.05) is 18.5 Å². The molecule has 1 atom stereocenters. The highest BCUT2D eigenvalue weighted by molar-refractivity contribution is 5.92. The van der Waals surface area contributed by atoms with E-state index in [0.29, 0.717) is 6.04 Å². The zero-order valence-corrected chi connectivity index (χ0v) is 13.1. The Balaban J connectivity index is 2.09. The second-order valence-electron chi connectivity index (χ2n) is 6.08. The molecule has 0 aliphatic carbocycles. The van der Waals surface area contributed by atoms with Crippen LogP contribution < -0.4 is 10.2 Å². The Bertz CT molecular complexity index is 608. The molecule has 0 spiro atoms. The third-order valence-corrected chi connectivity index (χ3v) is 4.46. The monoisotopic (exact) mass is 283 g/mol. The van der Waals surface area contributed by atoms with E-state index in [9.17, 15) is 0 Å². The lowest BCUT2D eigenvalue weighted by Crippen LogP contribution is -2.33. The molecular formula is C18H25N3. The summed E-state index contributed by atoms with van der Waals surface area (Å²) in [5, 5.41) is 5.80. The van der Waals surface area contributed by atoms with Gasteiger partial charge in [-0.2, -0.15) is 0 Å². The number of hydrogen-bond acceptors (Lipinski definition) is 3. The molecule has 1 aromatic carbocycles. The summed E-state index contributed by atoms with van der Waals surface area (Å²) in [6.07, 6.45) is 5.23. The minimum absolute atomic E-state index is 0.577. The van der Waals surface area contributed by atoms with Crippen LogP contribution in [0.15, 0.2) is 30.3 Å². The Morgan fingerprint density at radius 3 is 2.95 bits per heavy atom. The molecule has 3 nitrogen and oxygen atoms in total. The summed E-state index contributed by atoms with van der Waals surface area (Å²) in [6.45, 7) is 4.29. The van der Waals surface area contributed by atoms with Crippen LogP contribution in [0.5, 0.6) is 0 Å². The van der Waals surface area contributed by atoms with Crippen LogP contribution in [0.3, 0.4) is 0 Å². The topological polar surface area (TPSA) is 28.2 Å². The Kier molecular flexibility index (Phi) is 4.39. The van der Waals surface area contributed by atoms with E-state index in [1.807, 2.05) is 7.05 Å². The van der Waals surface area contributed by atoms with Gasteiger partial charge in [0.05, 0.1) is 5.69 Å². The summed E-state index contributed by atoms with van der Waals surface area (Å²) >= 11 is 0. The van der Waals surface area contributed by atoms with Gasteiger partial charge in [-0.25, -0.2) is 4.98 Å². The fraction of sp³-hybridized carbons (Fsp3) is 0.500. The van der Waals surface area contributed by atoms with E-state index in [1.165, 1.54) is 42.3 Å². The molecule has 1 aliphatic rings. The van der Waals surface area contributed by atoms with Crippen LogP contribution in [-0.4, -0.2) is 24.6 Å². The SMILES string of the molecule is CNCc1cc2ccccc2c(N2CCCCCC2C)n1. The van der Waals surface area contributed by atoms with Gasteiger partial charge in [-0.15, -0.1) is 0 Å². The van der Waals surface area contributed by atoms with Gasteiger partial charge >= 0.3 is 0 Å². The van der Waals surface area contributed by atoms with Crippen molar-refractivity contribution < 1.29 is 0 Å². The number of hydrogen-bond donors (Lipinski definition) is 1. The smallest absolute Gasteiger partial charge is 0.137 e. The van der Waals surface area contributed by atoms with E-state index in [1.54, 1.807) is 0 Å². The molecule has 3 rings (SSSR count). The zero-order valence-electron chi connectivity index (χ0n) is 13.1. The first-order valence-corrected chi connectivity index (χ1v) is 8.09. The fourth-order valence-electron chi connectivity index (χ4n) is 3.31. The highest BCUT2D eigenvalue weighted by Gasteiger charge is 2.20. The molecule has 21 heavy (non-hydrogen) atoms. The van der Waals surface area contributed by atoms with Gasteiger partial charge in [0.2, 0.25) is 0 Å². The normalized spacial score (nSPS) is 19.7. The average Bonchev–Trinajstić information content (AvgIpc) is 2.71. The molecule has 112 valence electrons. The van der Waals surface area contributed by atoms with Crippen molar-refractivity contribution in [2.24, 2.45) is 0 Å². The molecule has 1 aliphatic heterocycles. The predicted molar refractivity (Wildman–Crippen MR) is 89.8 cm³/mol. The molecule has 0 amide bonds. The Morgan fingerprint density at radius 2 is 2.10 bits per heavy atom. The molecule has 0 saturated carbocycles. The van der Waals surface area contributed by atoms with E-state index in [2.05, 4.69) is 47.5 Å². The van der Waals surface area contributed by atoms with Crippen LogP contribution in [0.4, 0.5) is 5.82 Å². The van der Waals surface area contributed by atoms with Crippen LogP contribution in [0.25, 0.3) is 10.8 Å². The molecule has 1 fully saturated rings. The minimum atomic E-state index is 0.577. The number of aromatic nitrogens is 1. The van der Waals surface area contributed by atoms with Crippen molar-refractivity contribution in [1.29, 1.82) is 0 Å². The number of anilines is 1. The molecule has 2 heterocycles. The Morgan fingerprint density at radius 1 is 1.24 bits per heavy atom. The lowest BCUT2D eigenvalue weighted by atomic mass is 10.1. The number of benzene rings is 1. The number of nitrogens with one attached hydrogen (secondary N) is 1. The van der Waals surface area contributed by atoms with Gasteiger partial charge in [0.1, 0.15) is 5.82 Å². The van der Waals surface area contributed by atoms with Crippen molar-refractivity contribution in [3.63, 3.8) is 0 Å². The fourth-order valence-corrected chi connectivity index (χ4v) is 3.31. The number of fused-ring (bicyclic) bond motifs is 1. The van der Waals surface area contributed by atoms with Crippen LogP contribution in [-0.2, 0) is 6.54 Å². The third kappa shape index (κ3) is 3.03. The second kappa shape index (κ2) is 6.44. The first kappa shape index (κ1) is 14.3. The van der Waals surface area contributed by atoms with Crippen molar-refractivity contribution in [1.82, 2.24) is 10.3 Å². The van der Waals surface area contributed by atoms with Crippen molar-refractivity contribution in [3.8, 4) is 0 Å². The molecule has 1 saturated heterocycles. The average molecular weight is 283 g/mol. The highest BCUT2D eigenvalue weighted by Crippen LogP contribution is 2.30. The molecule has 1 N–H and O–H groups in total. The summed E-state index contributed by atoms with van der Waals surface area (Å²) in [4.78, 5) is 7.49. The highest BCUT2D eigenvalue weighted by atomic mass is 15.2. The van der Waals surface area contributed by atoms with Gasteiger partial charge in [-0.3, -0.25) is 0 Å². The van der Waals surface area contributed by atoms with Crippen LogP contribution in [0.2, 0.25) is 0 Å². The number of nitrogens with zero attached hydrogens (tertiary/aromatic N) is 2. The number of pyridine rings is 1. The standard InChI is InChI=1S/C18H25N3/c1-14-8-4-3-7-11-21(14)18-17-10-6-5-9-15(17)12-16(20-18)13-19-2/h5-6,9-10,12,14,19H,3-4,7-8,11,13H2,1-2H3. The maximum Gasteiger partial charge on any atom is 0.137 e. The maximum absolute atomic E-state index is 4.97. The summed E-state index contributed by atoms with van der Waals surface area (Å²) in [6, 6.07) is 11.4. The Hall–Kier alpha value is -1.61. The first-order valence-electron chi connectivity index (χ1n) is 8.09. The molecule has 1 unspecified atom stereocenters. The molecule has 0 radical (unpaired) electrons. The lowest BCUT2D eigenvalue weighted by molar-refractivity contribution is 0.611. The largest absolute Gasteiger partial charge is 0.353 e. The van der Waals surface area contributed by atoms with Gasteiger partial charge < -0.3 is 10.2 Å². The Labute approximate surface area is 127 Å². The van der Waals surface area contributed by atoms with E-state index >= 15 is 0 Å².